The first-order valence-corrected chi connectivity index (χ1v) is 9.63. The lowest BCUT2D eigenvalue weighted by Gasteiger charge is -2.32. The molecule has 0 saturated carbocycles. The van der Waals surface area contributed by atoms with Gasteiger partial charge in [0.15, 0.2) is 5.58 Å². The van der Waals surface area contributed by atoms with Crippen LogP contribution in [0.3, 0.4) is 0 Å². The van der Waals surface area contributed by atoms with Crippen LogP contribution in [-0.4, -0.2) is 18.3 Å². The van der Waals surface area contributed by atoms with E-state index in [0.29, 0.717) is 0 Å². The summed E-state index contributed by atoms with van der Waals surface area (Å²) in [5, 5.41) is 2.10. The number of fused-ring (bicyclic) bond motifs is 3. The smallest absolute Gasteiger partial charge is 0.396 e. The van der Waals surface area contributed by atoms with E-state index < -0.39 is 18.3 Å². The van der Waals surface area contributed by atoms with Crippen molar-refractivity contribution in [2.24, 2.45) is 0 Å². The fourth-order valence-corrected chi connectivity index (χ4v) is 3.76. The molecule has 1 saturated heterocycles. The van der Waals surface area contributed by atoms with Gasteiger partial charge in [0.1, 0.15) is 11.3 Å². The van der Waals surface area contributed by atoms with Crippen LogP contribution in [0.25, 0.3) is 33.6 Å². The SMILES string of the molecule is CC1(C)OB(C2=c3c(oc4ccc(-c5ccccc5)cc34)=C[C+]=C2)OC1(C)C. The molecule has 0 unspecified atom stereocenters. The molecule has 28 heavy (non-hydrogen) atoms. The van der Waals surface area contributed by atoms with Gasteiger partial charge >= 0.3 is 7.12 Å². The second-order valence-corrected chi connectivity index (χ2v) is 8.42. The van der Waals surface area contributed by atoms with Crippen LogP contribution in [0.5, 0.6) is 0 Å². The predicted octanol–water partition coefficient (Wildman–Crippen LogP) is 4.04. The third-order valence-corrected chi connectivity index (χ3v) is 6.07. The Balaban J connectivity index is 1.74. The zero-order chi connectivity index (χ0) is 19.5. The van der Waals surface area contributed by atoms with E-state index >= 15 is 0 Å². The van der Waals surface area contributed by atoms with Gasteiger partial charge in [0.25, 0.3) is 0 Å². The molecule has 0 radical (unpaired) electrons. The number of furan rings is 1. The Morgan fingerprint density at radius 3 is 2.29 bits per heavy atom. The van der Waals surface area contributed by atoms with E-state index in [-0.39, 0.29) is 0 Å². The molecule has 1 aromatic heterocycles. The normalized spacial score (nSPS) is 19.4. The molecule has 2 aromatic carbocycles. The van der Waals surface area contributed by atoms with Gasteiger partial charge in [-0.05, 0) is 51.0 Å². The molecule has 1 fully saturated rings. The highest BCUT2D eigenvalue weighted by Crippen LogP contribution is 2.39. The summed E-state index contributed by atoms with van der Waals surface area (Å²) in [6, 6.07) is 16.7. The van der Waals surface area contributed by atoms with Crippen LogP contribution >= 0.6 is 0 Å². The highest BCUT2D eigenvalue weighted by atomic mass is 16.7. The van der Waals surface area contributed by atoms with Crippen molar-refractivity contribution in [1.29, 1.82) is 0 Å². The van der Waals surface area contributed by atoms with Crippen molar-refractivity contribution in [1.82, 2.24) is 0 Å². The molecule has 3 nitrogen and oxygen atoms in total. The molecular formula is C24H22BO3+. The van der Waals surface area contributed by atoms with Crippen LogP contribution < -0.4 is 10.6 Å². The Morgan fingerprint density at radius 2 is 1.57 bits per heavy atom. The highest BCUT2D eigenvalue weighted by molar-refractivity contribution is 6.68. The molecule has 1 aliphatic heterocycles. The minimum absolute atomic E-state index is 0.394. The topological polar surface area (TPSA) is 31.6 Å². The Labute approximate surface area is 165 Å². The van der Waals surface area contributed by atoms with Gasteiger partial charge in [-0.25, -0.2) is 0 Å². The molecule has 138 valence electrons. The molecule has 1 aliphatic carbocycles. The number of hydrogen-bond acceptors (Lipinski definition) is 3. The minimum atomic E-state index is -0.453. The number of allylic oxidation sites excluding steroid dienone is 2. The lowest BCUT2D eigenvalue weighted by molar-refractivity contribution is 0.00578. The van der Waals surface area contributed by atoms with Crippen molar-refractivity contribution >= 4 is 29.6 Å². The van der Waals surface area contributed by atoms with E-state index in [2.05, 4.69) is 70.2 Å². The number of rotatable bonds is 2. The van der Waals surface area contributed by atoms with E-state index in [1.54, 1.807) is 0 Å². The monoisotopic (exact) mass is 369 g/mol. The highest BCUT2D eigenvalue weighted by Gasteiger charge is 2.55. The third kappa shape index (κ3) is 2.57. The van der Waals surface area contributed by atoms with Crippen molar-refractivity contribution in [3.05, 3.63) is 71.3 Å². The fraction of sp³-hybridized carbons (Fsp3) is 0.250. The number of hydrogen-bond donors (Lipinski definition) is 0. The van der Waals surface area contributed by atoms with Gasteiger partial charge in [0.05, 0.1) is 28.1 Å². The van der Waals surface area contributed by atoms with E-state index in [4.69, 9.17) is 13.7 Å². The number of benzene rings is 2. The van der Waals surface area contributed by atoms with Crippen LogP contribution in [0.4, 0.5) is 0 Å². The van der Waals surface area contributed by atoms with Gasteiger partial charge in [-0.2, -0.15) is 0 Å². The van der Waals surface area contributed by atoms with Crippen molar-refractivity contribution in [2.45, 2.75) is 38.9 Å². The van der Waals surface area contributed by atoms with E-state index in [1.807, 2.05) is 24.3 Å². The fourth-order valence-electron chi connectivity index (χ4n) is 3.76. The molecule has 0 bridgehead atoms. The third-order valence-electron chi connectivity index (χ3n) is 6.07. The summed E-state index contributed by atoms with van der Waals surface area (Å²) in [5.41, 5.74) is 4.16. The van der Waals surface area contributed by atoms with Crippen molar-refractivity contribution in [2.75, 3.05) is 0 Å². The maximum atomic E-state index is 6.31. The van der Waals surface area contributed by atoms with Crippen LogP contribution in [0.1, 0.15) is 27.7 Å². The van der Waals surface area contributed by atoms with Gasteiger partial charge in [0, 0.05) is 6.08 Å². The lowest BCUT2D eigenvalue weighted by Crippen LogP contribution is -2.41. The minimum Gasteiger partial charge on any atom is -0.396 e. The summed E-state index contributed by atoms with van der Waals surface area (Å²) >= 11 is 0. The average molecular weight is 369 g/mol. The van der Waals surface area contributed by atoms with Gasteiger partial charge in [-0.1, -0.05) is 36.4 Å². The molecule has 0 spiro atoms. The van der Waals surface area contributed by atoms with Gasteiger partial charge in [-0.3, -0.25) is 0 Å². The molecule has 0 amide bonds. The quantitative estimate of drug-likeness (QED) is 0.505. The molecular weight excluding hydrogens is 347 g/mol. The van der Waals surface area contributed by atoms with Crippen LogP contribution in [0.15, 0.2) is 59.0 Å². The predicted molar refractivity (Wildman–Crippen MR) is 113 cm³/mol. The Bertz CT molecular complexity index is 1200. The lowest BCUT2D eigenvalue weighted by atomic mass is 9.75. The van der Waals surface area contributed by atoms with Gasteiger partial charge < -0.3 is 13.7 Å². The summed E-state index contributed by atoms with van der Waals surface area (Å²) in [6.07, 6.45) is 7.02. The second kappa shape index (κ2) is 5.92. The molecule has 4 heteroatoms. The Morgan fingerprint density at radius 1 is 0.857 bits per heavy atom. The second-order valence-electron chi connectivity index (χ2n) is 8.42. The zero-order valence-electron chi connectivity index (χ0n) is 16.6. The summed E-state index contributed by atoms with van der Waals surface area (Å²) < 4.78 is 18.7. The standard InChI is InChI=1S/C24H22BO3/c1-23(2)24(3,4)28-25(27-23)19-11-8-12-21-22(19)18-15-17(13-14-20(18)26-21)16-9-6-5-7-10-16/h5-7,9-15H,1-4H3/q+1. The van der Waals surface area contributed by atoms with Crippen LogP contribution in [-0.2, 0) is 9.31 Å². The summed E-state index contributed by atoms with van der Waals surface area (Å²) in [5.74, 6) is 0. The van der Waals surface area contributed by atoms with Crippen molar-refractivity contribution < 1.29 is 13.7 Å². The zero-order valence-corrected chi connectivity index (χ0v) is 16.6. The largest absolute Gasteiger partial charge is 0.577 e. The summed E-state index contributed by atoms with van der Waals surface area (Å²) in [6.45, 7) is 8.27. The first kappa shape index (κ1) is 17.5. The Kier molecular flexibility index (Phi) is 3.69. The molecule has 2 heterocycles. The summed E-state index contributed by atoms with van der Waals surface area (Å²) in [4.78, 5) is 0. The molecule has 0 N–H and O–H groups in total. The van der Waals surface area contributed by atoms with Crippen LogP contribution in [0, 0.1) is 6.08 Å². The average Bonchev–Trinajstić information content (AvgIpc) is 3.15. The first-order chi connectivity index (χ1) is 13.4. The molecule has 2 aliphatic rings. The van der Waals surface area contributed by atoms with E-state index in [0.717, 1.165) is 32.6 Å². The summed E-state index contributed by atoms with van der Waals surface area (Å²) in [7, 11) is -0.453. The maximum absolute atomic E-state index is 6.31. The van der Waals surface area contributed by atoms with Gasteiger partial charge in [-0.15, -0.1) is 0 Å². The molecule has 5 rings (SSSR count). The van der Waals surface area contributed by atoms with Crippen molar-refractivity contribution in [3.63, 3.8) is 0 Å². The van der Waals surface area contributed by atoms with E-state index in [1.165, 1.54) is 5.56 Å². The van der Waals surface area contributed by atoms with Crippen molar-refractivity contribution in [3.8, 4) is 11.1 Å². The van der Waals surface area contributed by atoms with E-state index in [9.17, 15) is 0 Å². The van der Waals surface area contributed by atoms with Crippen LogP contribution in [0.2, 0.25) is 0 Å². The maximum Gasteiger partial charge on any atom is 0.577 e. The molecule has 3 aromatic rings. The molecule has 0 atom stereocenters. The van der Waals surface area contributed by atoms with Gasteiger partial charge in [0.2, 0.25) is 5.42 Å². The first-order valence-electron chi connectivity index (χ1n) is 9.63. The Hall–Kier alpha value is -2.65.